The van der Waals surface area contributed by atoms with Gasteiger partial charge < -0.3 is 20.6 Å². The number of hydrogen-bond donors (Lipinski definition) is 3. The van der Waals surface area contributed by atoms with Crippen molar-refractivity contribution in [3.05, 3.63) is 59.8 Å². The van der Waals surface area contributed by atoms with E-state index in [0.717, 1.165) is 63.6 Å². The number of nitrogens with zero attached hydrogens (tertiary/aromatic N) is 1. The molecule has 6 nitrogen and oxygen atoms in total. The first-order valence-corrected chi connectivity index (χ1v) is 9.64. The van der Waals surface area contributed by atoms with Crippen LogP contribution < -0.4 is 10.5 Å². The van der Waals surface area contributed by atoms with Crippen LogP contribution in [0.1, 0.15) is 28.8 Å². The van der Waals surface area contributed by atoms with Crippen LogP contribution in [-0.4, -0.2) is 34.7 Å². The van der Waals surface area contributed by atoms with E-state index in [4.69, 9.17) is 10.5 Å². The Bertz CT molecular complexity index is 1200. The lowest BCUT2D eigenvalue weighted by molar-refractivity contribution is 0.0697. The first-order chi connectivity index (χ1) is 14.1. The minimum atomic E-state index is -0.936. The molecule has 4 rings (SSSR count). The van der Waals surface area contributed by atoms with Crippen LogP contribution in [0.5, 0.6) is 5.75 Å². The lowest BCUT2D eigenvalue weighted by atomic mass is 9.96. The fourth-order valence-electron chi connectivity index (χ4n) is 3.86. The average molecular weight is 389 g/mol. The van der Waals surface area contributed by atoms with Gasteiger partial charge in [0.25, 0.3) is 0 Å². The molecule has 0 fully saturated rings. The maximum absolute atomic E-state index is 11.5. The number of rotatable bonds is 7. The van der Waals surface area contributed by atoms with Crippen LogP contribution in [0.15, 0.2) is 48.7 Å². The number of benzene rings is 2. The fraction of sp³-hybridized carbons (Fsp3) is 0.217. The first-order valence-electron chi connectivity index (χ1n) is 9.64. The van der Waals surface area contributed by atoms with Gasteiger partial charge in [0.05, 0.1) is 23.9 Å². The number of nitrogens with two attached hydrogens (primary N) is 1. The number of aromatic nitrogens is 2. The predicted octanol–water partition coefficient (Wildman–Crippen LogP) is 4.37. The Kier molecular flexibility index (Phi) is 5.18. The van der Waals surface area contributed by atoms with Gasteiger partial charge in [-0.25, -0.2) is 4.79 Å². The van der Waals surface area contributed by atoms with E-state index in [2.05, 4.69) is 9.97 Å². The molecule has 4 N–H and O–H groups in total. The number of H-pyrrole nitrogens is 1. The number of unbranched alkanes of at least 4 members (excludes halogenated alkanes) is 1. The van der Waals surface area contributed by atoms with Gasteiger partial charge in [0.2, 0.25) is 0 Å². The van der Waals surface area contributed by atoms with Crippen LogP contribution in [0.4, 0.5) is 0 Å². The van der Waals surface area contributed by atoms with Gasteiger partial charge in [-0.1, -0.05) is 6.07 Å². The third-order valence-electron chi connectivity index (χ3n) is 5.25. The Balaban J connectivity index is 2.01. The van der Waals surface area contributed by atoms with E-state index in [1.807, 2.05) is 30.3 Å². The van der Waals surface area contributed by atoms with E-state index in [-0.39, 0.29) is 5.56 Å². The summed E-state index contributed by atoms with van der Waals surface area (Å²) in [4.78, 5) is 19.5. The van der Waals surface area contributed by atoms with Crippen molar-refractivity contribution in [2.45, 2.75) is 19.3 Å². The van der Waals surface area contributed by atoms with E-state index in [1.54, 1.807) is 25.4 Å². The van der Waals surface area contributed by atoms with Crippen molar-refractivity contribution in [1.29, 1.82) is 0 Å². The molecule has 0 spiro atoms. The van der Waals surface area contributed by atoms with Gasteiger partial charge >= 0.3 is 5.97 Å². The van der Waals surface area contributed by atoms with Crippen LogP contribution in [-0.2, 0) is 6.42 Å². The molecule has 2 aromatic heterocycles. The SMILES string of the molecule is COc1ccc2ncccc2c1-c1[nH]c2ccc(C(=O)O)cc2c1CCCCN. The van der Waals surface area contributed by atoms with Gasteiger partial charge in [0.15, 0.2) is 0 Å². The number of carboxylic acids is 1. The van der Waals surface area contributed by atoms with Crippen molar-refractivity contribution in [2.24, 2.45) is 5.73 Å². The molecule has 0 aliphatic heterocycles. The Morgan fingerprint density at radius 2 is 2.03 bits per heavy atom. The Hall–Kier alpha value is -3.38. The largest absolute Gasteiger partial charge is 0.496 e. The summed E-state index contributed by atoms with van der Waals surface area (Å²) >= 11 is 0. The molecule has 0 atom stereocenters. The number of pyridine rings is 1. The summed E-state index contributed by atoms with van der Waals surface area (Å²) in [6.07, 6.45) is 4.37. The Morgan fingerprint density at radius 3 is 2.79 bits per heavy atom. The second-order valence-corrected chi connectivity index (χ2v) is 7.00. The zero-order chi connectivity index (χ0) is 20.4. The number of ether oxygens (including phenoxy) is 1. The number of nitrogens with one attached hydrogen (secondary N) is 1. The van der Waals surface area contributed by atoms with Crippen LogP contribution in [0, 0.1) is 0 Å². The number of fused-ring (bicyclic) bond motifs is 2. The molecule has 0 aliphatic rings. The van der Waals surface area contributed by atoms with E-state index >= 15 is 0 Å². The highest BCUT2D eigenvalue weighted by atomic mass is 16.5. The molecule has 2 aromatic carbocycles. The second-order valence-electron chi connectivity index (χ2n) is 7.00. The van der Waals surface area contributed by atoms with Crippen molar-refractivity contribution in [3.8, 4) is 17.0 Å². The van der Waals surface area contributed by atoms with E-state index < -0.39 is 5.97 Å². The monoisotopic (exact) mass is 389 g/mol. The summed E-state index contributed by atoms with van der Waals surface area (Å²) in [5, 5.41) is 11.3. The second kappa shape index (κ2) is 7.93. The molecule has 0 aliphatic carbocycles. The normalized spacial score (nSPS) is 11.2. The van der Waals surface area contributed by atoms with Gasteiger partial charge in [-0.2, -0.15) is 0 Å². The van der Waals surface area contributed by atoms with Crippen molar-refractivity contribution in [3.63, 3.8) is 0 Å². The van der Waals surface area contributed by atoms with Gasteiger partial charge in [0, 0.05) is 28.0 Å². The molecule has 0 unspecified atom stereocenters. The van der Waals surface area contributed by atoms with Gasteiger partial charge in [-0.3, -0.25) is 4.98 Å². The fourth-order valence-corrected chi connectivity index (χ4v) is 3.86. The maximum atomic E-state index is 11.5. The Morgan fingerprint density at radius 1 is 1.17 bits per heavy atom. The molecule has 0 bridgehead atoms. The number of carboxylic acid groups (broad SMARTS) is 1. The summed E-state index contributed by atoms with van der Waals surface area (Å²) in [5.74, 6) is -0.190. The molecular weight excluding hydrogens is 366 g/mol. The standard InChI is InChI=1S/C23H23N3O3/c1-29-20-10-9-18-16(6-4-12-25-18)21(20)22-15(5-2-3-11-24)17-13-14(23(27)28)7-8-19(17)26-22/h4,6-10,12-13,26H,2-3,5,11,24H2,1H3,(H,27,28). The molecule has 6 heteroatoms. The molecule has 0 saturated heterocycles. The lowest BCUT2D eigenvalue weighted by Crippen LogP contribution is -2.00. The summed E-state index contributed by atoms with van der Waals surface area (Å²) in [6, 6.07) is 13.0. The minimum absolute atomic E-state index is 0.273. The highest BCUT2D eigenvalue weighted by molar-refractivity contribution is 6.03. The number of carbonyl (C=O) groups is 1. The lowest BCUT2D eigenvalue weighted by Gasteiger charge is -2.13. The molecule has 4 aromatic rings. The van der Waals surface area contributed by atoms with Gasteiger partial charge in [-0.15, -0.1) is 0 Å². The number of hydrogen-bond acceptors (Lipinski definition) is 4. The number of methoxy groups -OCH3 is 1. The van der Waals surface area contributed by atoms with Crippen LogP contribution >= 0.6 is 0 Å². The van der Waals surface area contributed by atoms with Gasteiger partial charge in [0.1, 0.15) is 5.75 Å². The quantitative estimate of drug-likeness (QED) is 0.407. The molecule has 2 heterocycles. The Labute approximate surface area is 168 Å². The topological polar surface area (TPSA) is 101 Å². The summed E-state index contributed by atoms with van der Waals surface area (Å²) in [7, 11) is 1.65. The van der Waals surface area contributed by atoms with Crippen molar-refractivity contribution in [2.75, 3.05) is 13.7 Å². The van der Waals surface area contributed by atoms with Crippen molar-refractivity contribution < 1.29 is 14.6 Å². The molecular formula is C23H23N3O3. The smallest absolute Gasteiger partial charge is 0.335 e. The van der Waals surface area contributed by atoms with Crippen molar-refractivity contribution >= 4 is 27.8 Å². The third-order valence-corrected chi connectivity index (χ3v) is 5.25. The zero-order valence-corrected chi connectivity index (χ0v) is 16.2. The van der Waals surface area contributed by atoms with Crippen molar-refractivity contribution in [1.82, 2.24) is 9.97 Å². The molecule has 0 amide bonds. The third kappa shape index (κ3) is 3.43. The summed E-state index contributed by atoms with van der Waals surface area (Å²) < 4.78 is 5.68. The van der Waals surface area contributed by atoms with E-state index in [0.29, 0.717) is 6.54 Å². The molecule has 29 heavy (non-hydrogen) atoms. The van der Waals surface area contributed by atoms with Gasteiger partial charge in [-0.05, 0) is 67.8 Å². The molecule has 0 saturated carbocycles. The average Bonchev–Trinajstić information content (AvgIpc) is 3.10. The first kappa shape index (κ1) is 19.0. The zero-order valence-electron chi connectivity index (χ0n) is 16.2. The molecule has 0 radical (unpaired) electrons. The van der Waals surface area contributed by atoms with E-state index in [9.17, 15) is 9.90 Å². The highest BCUT2D eigenvalue weighted by Crippen LogP contribution is 2.41. The van der Waals surface area contributed by atoms with E-state index in [1.165, 1.54) is 0 Å². The number of aromatic amines is 1. The maximum Gasteiger partial charge on any atom is 0.335 e. The summed E-state index contributed by atoms with van der Waals surface area (Å²) in [6.45, 7) is 0.625. The minimum Gasteiger partial charge on any atom is -0.496 e. The van der Waals surface area contributed by atoms with Crippen LogP contribution in [0.2, 0.25) is 0 Å². The predicted molar refractivity (Wildman–Crippen MR) is 115 cm³/mol. The number of aryl methyl sites for hydroxylation is 1. The van der Waals surface area contributed by atoms with Crippen LogP contribution in [0.3, 0.4) is 0 Å². The van der Waals surface area contributed by atoms with Crippen LogP contribution in [0.25, 0.3) is 33.1 Å². The molecule has 148 valence electrons. The number of aromatic carboxylic acids is 1. The summed E-state index contributed by atoms with van der Waals surface area (Å²) in [5.41, 5.74) is 10.7. The highest BCUT2D eigenvalue weighted by Gasteiger charge is 2.20.